The Morgan fingerprint density at radius 2 is 2.14 bits per heavy atom. The normalized spacial score (nSPS) is 13.1. The highest BCUT2D eigenvalue weighted by molar-refractivity contribution is 9.10. The first-order valence-electron chi connectivity index (χ1n) is 7.22. The lowest BCUT2D eigenvalue weighted by molar-refractivity contribution is -0.123. The Morgan fingerprint density at radius 1 is 1.41 bits per heavy atom. The van der Waals surface area contributed by atoms with Crippen LogP contribution >= 0.6 is 15.9 Å². The van der Waals surface area contributed by atoms with Crippen LogP contribution in [-0.2, 0) is 17.9 Å². The number of amides is 1. The van der Waals surface area contributed by atoms with Crippen LogP contribution in [0.5, 0.6) is 0 Å². The standard InChI is InChI=1S/C15H22BrN5O/c1-11-12(16)8-21(19-11)10-14(22)18-13(15(2,3)4)9-20-7-5-6-17-20/h5-8,13H,9-10H2,1-4H3,(H,18,22). The maximum Gasteiger partial charge on any atom is 0.242 e. The van der Waals surface area contributed by atoms with Gasteiger partial charge in [0, 0.05) is 18.6 Å². The molecule has 0 bridgehead atoms. The molecule has 22 heavy (non-hydrogen) atoms. The van der Waals surface area contributed by atoms with Gasteiger partial charge in [-0.05, 0) is 34.3 Å². The van der Waals surface area contributed by atoms with E-state index in [9.17, 15) is 4.79 Å². The third-order valence-corrected chi connectivity index (χ3v) is 4.28. The van der Waals surface area contributed by atoms with E-state index in [0.29, 0.717) is 6.54 Å². The summed E-state index contributed by atoms with van der Waals surface area (Å²) in [7, 11) is 0. The predicted octanol–water partition coefficient (Wildman–Crippen LogP) is 2.38. The zero-order valence-electron chi connectivity index (χ0n) is 13.4. The van der Waals surface area contributed by atoms with Crippen molar-refractivity contribution in [2.24, 2.45) is 5.41 Å². The van der Waals surface area contributed by atoms with Crippen LogP contribution in [0.3, 0.4) is 0 Å². The topological polar surface area (TPSA) is 64.7 Å². The Morgan fingerprint density at radius 3 is 2.64 bits per heavy atom. The Bertz CT molecular complexity index is 607. The summed E-state index contributed by atoms with van der Waals surface area (Å²) in [6, 6.07) is 1.87. The second-order valence-corrected chi connectivity index (χ2v) is 7.33. The van der Waals surface area contributed by atoms with E-state index in [0.717, 1.165) is 10.2 Å². The first kappa shape index (κ1) is 16.7. The molecule has 2 aromatic heterocycles. The quantitative estimate of drug-likeness (QED) is 0.881. The van der Waals surface area contributed by atoms with E-state index < -0.39 is 0 Å². The molecule has 2 aromatic rings. The number of carbonyl (C=O) groups excluding carboxylic acids is 1. The van der Waals surface area contributed by atoms with E-state index >= 15 is 0 Å². The average molecular weight is 368 g/mol. The highest BCUT2D eigenvalue weighted by atomic mass is 79.9. The number of rotatable bonds is 5. The first-order valence-corrected chi connectivity index (χ1v) is 8.01. The van der Waals surface area contributed by atoms with Crippen molar-refractivity contribution >= 4 is 21.8 Å². The highest BCUT2D eigenvalue weighted by Crippen LogP contribution is 2.20. The molecule has 0 fully saturated rings. The molecule has 0 aliphatic carbocycles. The van der Waals surface area contributed by atoms with Gasteiger partial charge in [-0.3, -0.25) is 14.2 Å². The van der Waals surface area contributed by atoms with Gasteiger partial charge in [-0.25, -0.2) is 0 Å². The maximum atomic E-state index is 12.3. The van der Waals surface area contributed by atoms with E-state index in [-0.39, 0.29) is 23.9 Å². The monoisotopic (exact) mass is 367 g/mol. The Hall–Kier alpha value is -1.63. The Labute approximate surface area is 139 Å². The van der Waals surface area contributed by atoms with Crippen LogP contribution in [0.1, 0.15) is 26.5 Å². The summed E-state index contributed by atoms with van der Waals surface area (Å²) in [4.78, 5) is 12.3. The second-order valence-electron chi connectivity index (χ2n) is 6.47. The second kappa shape index (κ2) is 6.64. The SMILES string of the molecule is Cc1nn(CC(=O)NC(Cn2cccn2)C(C)(C)C)cc1Br. The zero-order chi connectivity index (χ0) is 16.3. The van der Waals surface area contributed by atoms with Crippen LogP contribution in [0, 0.1) is 12.3 Å². The fourth-order valence-electron chi connectivity index (χ4n) is 2.09. The third-order valence-electron chi connectivity index (χ3n) is 3.50. The fourth-order valence-corrected chi connectivity index (χ4v) is 2.41. The van der Waals surface area contributed by atoms with Crippen molar-refractivity contribution in [3.8, 4) is 0 Å². The molecule has 6 nitrogen and oxygen atoms in total. The number of hydrogen-bond donors (Lipinski definition) is 1. The summed E-state index contributed by atoms with van der Waals surface area (Å²) < 4.78 is 4.39. The number of aryl methyl sites for hydroxylation is 1. The van der Waals surface area contributed by atoms with Gasteiger partial charge < -0.3 is 5.32 Å². The number of halogens is 1. The molecule has 0 saturated heterocycles. The maximum absolute atomic E-state index is 12.3. The third kappa shape index (κ3) is 4.43. The molecule has 1 atom stereocenters. The minimum Gasteiger partial charge on any atom is -0.349 e. The smallest absolute Gasteiger partial charge is 0.242 e. The summed E-state index contributed by atoms with van der Waals surface area (Å²) in [5.74, 6) is -0.0536. The lowest BCUT2D eigenvalue weighted by Crippen LogP contribution is -2.47. The van der Waals surface area contributed by atoms with Crippen molar-refractivity contribution in [3.63, 3.8) is 0 Å². The molecule has 0 saturated carbocycles. The van der Waals surface area contributed by atoms with Gasteiger partial charge in [-0.15, -0.1) is 0 Å². The highest BCUT2D eigenvalue weighted by Gasteiger charge is 2.27. The lowest BCUT2D eigenvalue weighted by atomic mass is 9.86. The molecule has 2 rings (SSSR count). The Kier molecular flexibility index (Phi) is 5.05. The van der Waals surface area contributed by atoms with E-state index in [1.807, 2.05) is 30.1 Å². The van der Waals surface area contributed by atoms with Gasteiger partial charge in [0.2, 0.25) is 5.91 Å². The van der Waals surface area contributed by atoms with Crippen molar-refractivity contribution < 1.29 is 4.79 Å². The molecule has 1 unspecified atom stereocenters. The lowest BCUT2D eigenvalue weighted by Gasteiger charge is -2.31. The van der Waals surface area contributed by atoms with Crippen LogP contribution in [0.15, 0.2) is 29.1 Å². The number of nitrogens with zero attached hydrogens (tertiary/aromatic N) is 4. The molecular weight excluding hydrogens is 346 g/mol. The number of hydrogen-bond acceptors (Lipinski definition) is 3. The van der Waals surface area contributed by atoms with Crippen LogP contribution in [0.4, 0.5) is 0 Å². The molecular formula is C15H22BrN5O. The van der Waals surface area contributed by atoms with Crippen molar-refractivity contribution in [2.45, 2.75) is 46.8 Å². The van der Waals surface area contributed by atoms with Crippen molar-refractivity contribution in [1.82, 2.24) is 24.9 Å². The fraction of sp³-hybridized carbons (Fsp3) is 0.533. The zero-order valence-corrected chi connectivity index (χ0v) is 15.0. The molecule has 0 aromatic carbocycles. The summed E-state index contributed by atoms with van der Waals surface area (Å²) in [5, 5.41) is 11.6. The van der Waals surface area contributed by atoms with Gasteiger partial charge in [-0.1, -0.05) is 20.8 Å². The van der Waals surface area contributed by atoms with Crippen molar-refractivity contribution in [3.05, 3.63) is 34.8 Å². The van der Waals surface area contributed by atoms with Crippen LogP contribution in [-0.4, -0.2) is 31.5 Å². The van der Waals surface area contributed by atoms with Crippen molar-refractivity contribution in [1.29, 1.82) is 0 Å². The molecule has 0 spiro atoms. The van der Waals surface area contributed by atoms with Crippen LogP contribution in [0.2, 0.25) is 0 Å². The van der Waals surface area contributed by atoms with E-state index in [2.05, 4.69) is 52.2 Å². The minimum atomic E-state index is -0.0672. The summed E-state index contributed by atoms with van der Waals surface area (Å²) in [6.07, 6.45) is 5.46. The van der Waals surface area contributed by atoms with Gasteiger partial charge in [0.15, 0.2) is 0 Å². The first-order chi connectivity index (χ1) is 10.3. The van der Waals surface area contributed by atoms with Gasteiger partial charge in [0.05, 0.1) is 22.8 Å². The van der Waals surface area contributed by atoms with E-state index in [1.54, 1.807) is 10.9 Å². The molecule has 2 heterocycles. The summed E-state index contributed by atoms with van der Waals surface area (Å²) in [5.41, 5.74) is 0.805. The van der Waals surface area contributed by atoms with E-state index in [4.69, 9.17) is 0 Å². The van der Waals surface area contributed by atoms with Gasteiger partial charge in [0.1, 0.15) is 6.54 Å². The molecule has 120 valence electrons. The average Bonchev–Trinajstić information content (AvgIpc) is 2.99. The molecule has 7 heteroatoms. The molecule has 1 amide bonds. The van der Waals surface area contributed by atoms with Gasteiger partial charge in [-0.2, -0.15) is 10.2 Å². The van der Waals surface area contributed by atoms with Crippen LogP contribution < -0.4 is 5.32 Å². The van der Waals surface area contributed by atoms with E-state index in [1.165, 1.54) is 0 Å². The molecule has 1 N–H and O–H groups in total. The van der Waals surface area contributed by atoms with Gasteiger partial charge >= 0.3 is 0 Å². The molecule has 0 aliphatic heterocycles. The number of carbonyl (C=O) groups is 1. The number of nitrogens with one attached hydrogen (secondary N) is 1. The number of aromatic nitrogens is 4. The largest absolute Gasteiger partial charge is 0.349 e. The van der Waals surface area contributed by atoms with Crippen molar-refractivity contribution in [2.75, 3.05) is 0 Å². The summed E-state index contributed by atoms with van der Waals surface area (Å²) in [6.45, 7) is 9.07. The summed E-state index contributed by atoms with van der Waals surface area (Å²) >= 11 is 3.40. The van der Waals surface area contributed by atoms with Gasteiger partial charge in [0.25, 0.3) is 0 Å². The van der Waals surface area contributed by atoms with Crippen LogP contribution in [0.25, 0.3) is 0 Å². The Balaban J connectivity index is 2.01. The molecule has 0 aliphatic rings. The molecule has 0 radical (unpaired) electrons. The predicted molar refractivity (Wildman–Crippen MR) is 88.3 cm³/mol. The minimum absolute atomic E-state index is 0.0139.